The standard InChI is InChI=1S/C19H23F3N4O3S/c1-11-15(9-24-18(23)25-11)13-4-7-16(19(20,21)22)17(8-13)30(28,29)26-14-5-2-12(10-27)3-6-14/h4,7-9,12,14,26-27H,2-3,5-6,10H2,1H3,(H2,23,24,25)/t12-,14+. The fourth-order valence-electron chi connectivity index (χ4n) is 3.66. The van der Waals surface area contributed by atoms with Crippen LogP contribution in [0, 0.1) is 12.8 Å². The first-order chi connectivity index (χ1) is 14.0. The lowest BCUT2D eigenvalue weighted by Gasteiger charge is -2.28. The van der Waals surface area contributed by atoms with E-state index in [0.717, 1.165) is 12.1 Å². The lowest BCUT2D eigenvalue weighted by molar-refractivity contribution is -0.139. The maximum atomic E-state index is 13.6. The molecule has 1 aromatic heterocycles. The van der Waals surface area contributed by atoms with Crippen molar-refractivity contribution in [2.45, 2.75) is 49.7 Å². The Morgan fingerprint density at radius 1 is 1.23 bits per heavy atom. The van der Waals surface area contributed by atoms with Gasteiger partial charge in [0, 0.05) is 24.4 Å². The van der Waals surface area contributed by atoms with Gasteiger partial charge in [0.05, 0.1) is 16.2 Å². The molecule has 1 aromatic carbocycles. The van der Waals surface area contributed by atoms with Crippen LogP contribution in [0.4, 0.5) is 19.1 Å². The number of rotatable bonds is 5. The van der Waals surface area contributed by atoms with Gasteiger partial charge in [-0.1, -0.05) is 6.07 Å². The number of aromatic nitrogens is 2. The van der Waals surface area contributed by atoms with Crippen LogP contribution in [0.1, 0.15) is 36.9 Å². The van der Waals surface area contributed by atoms with E-state index in [9.17, 15) is 26.7 Å². The summed E-state index contributed by atoms with van der Waals surface area (Å²) < 4.78 is 68.9. The van der Waals surface area contributed by atoms with E-state index in [1.807, 2.05) is 0 Å². The molecule has 0 unspecified atom stereocenters. The van der Waals surface area contributed by atoms with Crippen LogP contribution in [0.25, 0.3) is 11.1 Å². The van der Waals surface area contributed by atoms with Crippen LogP contribution in [-0.4, -0.2) is 36.1 Å². The summed E-state index contributed by atoms with van der Waals surface area (Å²) in [6, 6.07) is 2.45. The van der Waals surface area contributed by atoms with E-state index in [1.165, 1.54) is 12.3 Å². The van der Waals surface area contributed by atoms with Crippen LogP contribution >= 0.6 is 0 Å². The highest BCUT2D eigenvalue weighted by Gasteiger charge is 2.38. The molecule has 0 saturated heterocycles. The Bertz CT molecular complexity index is 1020. The second-order valence-electron chi connectivity index (χ2n) is 7.46. The fourth-order valence-corrected chi connectivity index (χ4v) is 5.22. The number of sulfonamides is 1. The number of benzene rings is 1. The summed E-state index contributed by atoms with van der Waals surface area (Å²) in [6.45, 7) is 1.62. The van der Waals surface area contributed by atoms with Gasteiger partial charge >= 0.3 is 6.18 Å². The summed E-state index contributed by atoms with van der Waals surface area (Å²) in [5.41, 5.74) is 5.32. The topological polar surface area (TPSA) is 118 Å². The Balaban J connectivity index is 2.00. The average Bonchev–Trinajstić information content (AvgIpc) is 2.67. The second kappa shape index (κ2) is 8.48. The van der Waals surface area contributed by atoms with Gasteiger partial charge in [0.1, 0.15) is 0 Å². The maximum Gasteiger partial charge on any atom is 0.417 e. The van der Waals surface area contributed by atoms with E-state index in [0.29, 0.717) is 36.9 Å². The first-order valence-corrected chi connectivity index (χ1v) is 10.9. The average molecular weight is 444 g/mol. The monoisotopic (exact) mass is 444 g/mol. The Labute approximate surface area is 172 Å². The Kier molecular flexibility index (Phi) is 6.34. The van der Waals surface area contributed by atoms with Crippen LogP contribution < -0.4 is 10.5 Å². The van der Waals surface area contributed by atoms with E-state index in [1.54, 1.807) is 6.92 Å². The number of alkyl halides is 3. The molecule has 11 heteroatoms. The number of nitrogens with zero attached hydrogens (tertiary/aromatic N) is 2. The third-order valence-electron chi connectivity index (χ3n) is 5.31. The zero-order valence-electron chi connectivity index (χ0n) is 16.3. The number of nitrogen functional groups attached to an aromatic ring is 1. The van der Waals surface area contributed by atoms with Crippen molar-refractivity contribution in [3.8, 4) is 11.1 Å². The molecular formula is C19H23F3N4O3S. The minimum Gasteiger partial charge on any atom is -0.396 e. The maximum absolute atomic E-state index is 13.6. The highest BCUT2D eigenvalue weighted by molar-refractivity contribution is 7.89. The summed E-state index contributed by atoms with van der Waals surface area (Å²) in [7, 11) is -4.45. The molecule has 7 nitrogen and oxygen atoms in total. The molecule has 3 rings (SSSR count). The molecule has 4 N–H and O–H groups in total. The second-order valence-corrected chi connectivity index (χ2v) is 9.14. The van der Waals surface area contributed by atoms with Gasteiger partial charge in [0.25, 0.3) is 0 Å². The first-order valence-electron chi connectivity index (χ1n) is 9.45. The number of halogens is 3. The number of aliphatic hydroxyl groups is 1. The molecule has 1 saturated carbocycles. The third-order valence-corrected chi connectivity index (χ3v) is 6.87. The van der Waals surface area contributed by atoms with Crippen molar-refractivity contribution >= 4 is 16.0 Å². The fraction of sp³-hybridized carbons (Fsp3) is 0.474. The molecule has 0 radical (unpaired) electrons. The van der Waals surface area contributed by atoms with Gasteiger partial charge in [0.2, 0.25) is 16.0 Å². The van der Waals surface area contributed by atoms with Gasteiger partial charge < -0.3 is 10.8 Å². The van der Waals surface area contributed by atoms with Gasteiger partial charge in [0.15, 0.2) is 0 Å². The van der Waals surface area contributed by atoms with Gasteiger partial charge in [-0.3, -0.25) is 0 Å². The van der Waals surface area contributed by atoms with E-state index in [2.05, 4.69) is 14.7 Å². The minimum atomic E-state index is -4.84. The van der Waals surface area contributed by atoms with E-state index in [-0.39, 0.29) is 24.0 Å². The molecule has 0 bridgehead atoms. The molecule has 1 fully saturated rings. The Hall–Kier alpha value is -2.24. The van der Waals surface area contributed by atoms with Crippen molar-refractivity contribution in [2.24, 2.45) is 5.92 Å². The number of aryl methyl sites for hydroxylation is 1. The highest BCUT2D eigenvalue weighted by atomic mass is 32.2. The predicted molar refractivity (Wildman–Crippen MR) is 105 cm³/mol. The molecule has 0 atom stereocenters. The van der Waals surface area contributed by atoms with E-state index < -0.39 is 32.7 Å². The van der Waals surface area contributed by atoms with Crippen LogP contribution in [0.3, 0.4) is 0 Å². The number of anilines is 1. The Morgan fingerprint density at radius 3 is 2.47 bits per heavy atom. The molecule has 1 aliphatic rings. The summed E-state index contributed by atoms with van der Waals surface area (Å²) in [5.74, 6) is 0.101. The quantitative estimate of drug-likeness (QED) is 0.653. The van der Waals surface area contributed by atoms with E-state index in [4.69, 9.17) is 5.73 Å². The van der Waals surface area contributed by atoms with Crippen molar-refractivity contribution in [1.29, 1.82) is 0 Å². The van der Waals surface area contributed by atoms with Gasteiger partial charge in [-0.15, -0.1) is 0 Å². The van der Waals surface area contributed by atoms with Gasteiger partial charge in [-0.2, -0.15) is 13.2 Å². The van der Waals surface area contributed by atoms with Crippen molar-refractivity contribution in [3.05, 3.63) is 35.7 Å². The van der Waals surface area contributed by atoms with Crippen molar-refractivity contribution in [1.82, 2.24) is 14.7 Å². The van der Waals surface area contributed by atoms with Crippen LogP contribution in [0.2, 0.25) is 0 Å². The zero-order valence-corrected chi connectivity index (χ0v) is 17.1. The van der Waals surface area contributed by atoms with E-state index >= 15 is 0 Å². The molecule has 2 aromatic rings. The summed E-state index contributed by atoms with van der Waals surface area (Å²) in [6.07, 6.45) is -1.37. The largest absolute Gasteiger partial charge is 0.417 e. The molecule has 1 heterocycles. The molecular weight excluding hydrogens is 421 g/mol. The predicted octanol–water partition coefficient (Wildman–Crippen LogP) is 2.88. The molecule has 1 aliphatic carbocycles. The Morgan fingerprint density at radius 2 is 1.90 bits per heavy atom. The van der Waals surface area contributed by atoms with Crippen molar-refractivity contribution in [3.63, 3.8) is 0 Å². The summed E-state index contributed by atoms with van der Waals surface area (Å²) >= 11 is 0. The number of nitrogens with two attached hydrogens (primary N) is 1. The van der Waals surface area contributed by atoms with Gasteiger partial charge in [-0.05, 0) is 56.2 Å². The molecule has 30 heavy (non-hydrogen) atoms. The van der Waals surface area contributed by atoms with Crippen LogP contribution in [0.15, 0.2) is 29.3 Å². The molecule has 0 spiro atoms. The summed E-state index contributed by atoms with van der Waals surface area (Å²) in [4.78, 5) is 6.99. The lowest BCUT2D eigenvalue weighted by atomic mass is 9.87. The number of nitrogens with one attached hydrogen (secondary N) is 1. The van der Waals surface area contributed by atoms with Crippen molar-refractivity contribution in [2.75, 3.05) is 12.3 Å². The molecule has 0 aliphatic heterocycles. The SMILES string of the molecule is Cc1nc(N)ncc1-c1ccc(C(F)(F)F)c(S(=O)(=O)N[C@H]2CC[C@@H](CO)CC2)c1. The summed E-state index contributed by atoms with van der Waals surface area (Å²) in [5, 5.41) is 9.21. The van der Waals surface area contributed by atoms with Crippen LogP contribution in [0.5, 0.6) is 0 Å². The number of aliphatic hydroxyl groups excluding tert-OH is 1. The minimum absolute atomic E-state index is 0.0103. The smallest absolute Gasteiger partial charge is 0.396 e. The number of hydrogen-bond acceptors (Lipinski definition) is 6. The normalized spacial score (nSPS) is 20.3. The zero-order chi connectivity index (χ0) is 22.1. The lowest BCUT2D eigenvalue weighted by Crippen LogP contribution is -2.38. The third kappa shape index (κ3) is 4.90. The number of hydrogen-bond donors (Lipinski definition) is 3. The van der Waals surface area contributed by atoms with Crippen molar-refractivity contribution < 1.29 is 26.7 Å². The van der Waals surface area contributed by atoms with Gasteiger partial charge in [-0.25, -0.2) is 23.1 Å². The molecule has 164 valence electrons. The highest BCUT2D eigenvalue weighted by Crippen LogP contribution is 2.37. The first kappa shape index (κ1) is 22.4. The van der Waals surface area contributed by atoms with Crippen LogP contribution in [-0.2, 0) is 16.2 Å². The molecule has 0 amide bonds.